The zero-order valence-corrected chi connectivity index (χ0v) is 10.6. The lowest BCUT2D eigenvalue weighted by atomic mass is 9.90. The van der Waals surface area contributed by atoms with Gasteiger partial charge in [0.05, 0.1) is 0 Å². The highest BCUT2D eigenvalue weighted by Crippen LogP contribution is 2.17. The molecule has 86 valence electrons. The van der Waals surface area contributed by atoms with E-state index in [0.717, 1.165) is 25.6 Å². The van der Waals surface area contributed by atoms with Crippen LogP contribution in [-0.2, 0) is 0 Å². The molecule has 0 spiro atoms. The largest absolute Gasteiger partial charge is 0.319 e. The molecule has 2 nitrogen and oxygen atoms in total. The lowest BCUT2D eigenvalue weighted by molar-refractivity contribution is 0.312. The van der Waals surface area contributed by atoms with E-state index in [1.807, 2.05) is 7.05 Å². The van der Waals surface area contributed by atoms with E-state index in [2.05, 4.69) is 38.3 Å². The average molecular weight is 200 g/mol. The van der Waals surface area contributed by atoms with Crippen molar-refractivity contribution in [1.29, 1.82) is 0 Å². The maximum atomic E-state index is 3.57. The van der Waals surface area contributed by atoms with E-state index < -0.39 is 0 Å². The Hall–Kier alpha value is -0.0800. The van der Waals surface area contributed by atoms with E-state index >= 15 is 0 Å². The topological polar surface area (TPSA) is 24.1 Å². The molecule has 0 aliphatic rings. The van der Waals surface area contributed by atoms with Gasteiger partial charge in [0.2, 0.25) is 0 Å². The van der Waals surface area contributed by atoms with Crippen LogP contribution in [0.15, 0.2) is 0 Å². The molecule has 1 atom stereocenters. The number of hydrogen-bond acceptors (Lipinski definition) is 2. The second-order valence-electron chi connectivity index (χ2n) is 4.98. The molecular formula is C12H28N2. The van der Waals surface area contributed by atoms with Crippen LogP contribution >= 0.6 is 0 Å². The Morgan fingerprint density at radius 1 is 1.14 bits per heavy atom. The van der Waals surface area contributed by atoms with Gasteiger partial charge in [-0.2, -0.15) is 0 Å². The number of hydrogen-bond donors (Lipinski definition) is 2. The predicted octanol–water partition coefficient (Wildman–Crippen LogP) is 2.26. The first-order valence-electron chi connectivity index (χ1n) is 5.91. The minimum absolute atomic E-state index is 0.442. The van der Waals surface area contributed by atoms with E-state index in [1.54, 1.807) is 0 Å². The monoisotopic (exact) mass is 200 g/mol. The van der Waals surface area contributed by atoms with Crippen molar-refractivity contribution in [2.75, 3.05) is 26.7 Å². The summed E-state index contributed by atoms with van der Waals surface area (Å²) in [4.78, 5) is 0. The van der Waals surface area contributed by atoms with Crippen molar-refractivity contribution in [1.82, 2.24) is 10.6 Å². The van der Waals surface area contributed by atoms with Crippen molar-refractivity contribution in [2.45, 2.75) is 40.5 Å². The highest BCUT2D eigenvalue weighted by Gasteiger charge is 2.14. The molecule has 0 fully saturated rings. The highest BCUT2D eigenvalue weighted by molar-refractivity contribution is 4.71. The molecule has 0 bridgehead atoms. The van der Waals surface area contributed by atoms with Gasteiger partial charge in [0.25, 0.3) is 0 Å². The van der Waals surface area contributed by atoms with Crippen molar-refractivity contribution in [2.24, 2.45) is 11.3 Å². The van der Waals surface area contributed by atoms with E-state index in [1.165, 1.54) is 12.8 Å². The molecule has 0 aliphatic heterocycles. The molecule has 2 heteroatoms. The molecule has 14 heavy (non-hydrogen) atoms. The molecule has 0 aromatic heterocycles. The third-order valence-electron chi connectivity index (χ3n) is 3.06. The van der Waals surface area contributed by atoms with Crippen molar-refractivity contribution in [3.8, 4) is 0 Å². The van der Waals surface area contributed by atoms with Gasteiger partial charge in [-0.3, -0.25) is 0 Å². The smallest absolute Gasteiger partial charge is 0.000254 e. The Labute approximate surface area is 89.9 Å². The van der Waals surface area contributed by atoms with Crippen LogP contribution in [0.3, 0.4) is 0 Å². The molecule has 0 aliphatic carbocycles. The first-order valence-corrected chi connectivity index (χ1v) is 5.91. The standard InChI is InChI=1S/C12H28N2/c1-6-11(8-13-5)9-14-10-12(3,4)7-2/h11,13-14H,6-10H2,1-5H3. The van der Waals surface area contributed by atoms with Gasteiger partial charge in [-0.15, -0.1) is 0 Å². The normalized spacial score (nSPS) is 14.4. The molecule has 1 unspecified atom stereocenters. The second-order valence-corrected chi connectivity index (χ2v) is 4.98. The number of rotatable bonds is 8. The van der Waals surface area contributed by atoms with Crippen LogP contribution in [0, 0.1) is 11.3 Å². The van der Waals surface area contributed by atoms with Crippen molar-refractivity contribution in [3.05, 3.63) is 0 Å². The lowest BCUT2D eigenvalue weighted by Crippen LogP contribution is -2.35. The summed E-state index contributed by atoms with van der Waals surface area (Å²) < 4.78 is 0. The van der Waals surface area contributed by atoms with Crippen molar-refractivity contribution in [3.63, 3.8) is 0 Å². The molecule has 2 N–H and O–H groups in total. The van der Waals surface area contributed by atoms with Crippen molar-refractivity contribution < 1.29 is 0 Å². The molecule has 0 aromatic rings. The third-order valence-corrected chi connectivity index (χ3v) is 3.06. The molecule has 0 aromatic carbocycles. The van der Waals surface area contributed by atoms with Crippen LogP contribution < -0.4 is 10.6 Å². The van der Waals surface area contributed by atoms with Gasteiger partial charge in [-0.05, 0) is 37.9 Å². The summed E-state index contributed by atoms with van der Waals surface area (Å²) in [6.45, 7) is 12.5. The Morgan fingerprint density at radius 2 is 1.79 bits per heavy atom. The zero-order chi connectivity index (χ0) is 11.0. The van der Waals surface area contributed by atoms with Crippen LogP contribution in [0.1, 0.15) is 40.5 Å². The van der Waals surface area contributed by atoms with Crippen LogP contribution in [-0.4, -0.2) is 26.7 Å². The third kappa shape index (κ3) is 6.39. The van der Waals surface area contributed by atoms with Crippen LogP contribution in [0.5, 0.6) is 0 Å². The molecule has 0 amide bonds. The molecule has 0 rings (SSSR count). The quantitative estimate of drug-likeness (QED) is 0.628. The SMILES string of the molecule is CCC(CNC)CNCC(C)(C)CC. The van der Waals surface area contributed by atoms with Gasteiger partial charge >= 0.3 is 0 Å². The first-order chi connectivity index (χ1) is 6.55. The van der Waals surface area contributed by atoms with E-state index in [4.69, 9.17) is 0 Å². The molecule has 0 saturated heterocycles. The fourth-order valence-corrected chi connectivity index (χ4v) is 1.39. The molecule has 0 heterocycles. The Kier molecular flexibility index (Phi) is 7.20. The maximum absolute atomic E-state index is 3.57. The van der Waals surface area contributed by atoms with Gasteiger partial charge in [0, 0.05) is 6.54 Å². The Morgan fingerprint density at radius 3 is 2.21 bits per heavy atom. The van der Waals surface area contributed by atoms with E-state index in [0.29, 0.717) is 5.41 Å². The van der Waals surface area contributed by atoms with Crippen LogP contribution in [0.25, 0.3) is 0 Å². The second kappa shape index (κ2) is 7.24. The Bertz CT molecular complexity index is 132. The minimum atomic E-state index is 0.442. The zero-order valence-electron chi connectivity index (χ0n) is 10.6. The number of nitrogens with one attached hydrogen (secondary N) is 2. The fourth-order valence-electron chi connectivity index (χ4n) is 1.39. The highest BCUT2D eigenvalue weighted by atomic mass is 14.9. The first kappa shape index (κ1) is 13.9. The molecule has 0 radical (unpaired) electrons. The van der Waals surface area contributed by atoms with Gasteiger partial charge in [-0.25, -0.2) is 0 Å². The van der Waals surface area contributed by atoms with E-state index in [-0.39, 0.29) is 0 Å². The van der Waals surface area contributed by atoms with Gasteiger partial charge < -0.3 is 10.6 Å². The Balaban J connectivity index is 3.60. The summed E-state index contributed by atoms with van der Waals surface area (Å²) in [7, 11) is 2.03. The molecule has 0 saturated carbocycles. The van der Waals surface area contributed by atoms with E-state index in [9.17, 15) is 0 Å². The summed E-state index contributed by atoms with van der Waals surface area (Å²) in [5.74, 6) is 0.771. The predicted molar refractivity (Wildman–Crippen MR) is 64.6 cm³/mol. The summed E-state index contributed by atoms with van der Waals surface area (Å²) in [5.41, 5.74) is 0.442. The fraction of sp³-hybridized carbons (Fsp3) is 1.00. The summed E-state index contributed by atoms with van der Waals surface area (Å²) >= 11 is 0. The van der Waals surface area contributed by atoms with Crippen molar-refractivity contribution >= 4 is 0 Å². The van der Waals surface area contributed by atoms with Crippen LogP contribution in [0.2, 0.25) is 0 Å². The summed E-state index contributed by atoms with van der Waals surface area (Å²) in [5, 5.41) is 6.81. The summed E-state index contributed by atoms with van der Waals surface area (Å²) in [6, 6.07) is 0. The molecular weight excluding hydrogens is 172 g/mol. The van der Waals surface area contributed by atoms with Gasteiger partial charge in [0.15, 0.2) is 0 Å². The summed E-state index contributed by atoms with van der Waals surface area (Å²) in [6.07, 6.45) is 2.49. The minimum Gasteiger partial charge on any atom is -0.319 e. The van der Waals surface area contributed by atoms with Crippen LogP contribution in [0.4, 0.5) is 0 Å². The maximum Gasteiger partial charge on any atom is 0.000254 e. The van der Waals surface area contributed by atoms with Gasteiger partial charge in [-0.1, -0.05) is 34.1 Å². The average Bonchev–Trinajstić information content (AvgIpc) is 2.16. The lowest BCUT2D eigenvalue weighted by Gasteiger charge is -2.24. The van der Waals surface area contributed by atoms with Gasteiger partial charge in [0.1, 0.15) is 0 Å².